The van der Waals surface area contributed by atoms with E-state index in [0.717, 1.165) is 41.8 Å². The Morgan fingerprint density at radius 2 is 1.95 bits per heavy atom. The molecular weight excluding hydrogens is 254 g/mol. The summed E-state index contributed by atoms with van der Waals surface area (Å²) >= 11 is 0. The Morgan fingerprint density at radius 1 is 1.10 bits per heavy atom. The van der Waals surface area contributed by atoms with Crippen LogP contribution in [0.2, 0.25) is 0 Å². The molecule has 1 aromatic heterocycles. The van der Waals surface area contributed by atoms with Gasteiger partial charge in [-0.15, -0.1) is 0 Å². The molecule has 104 valence electrons. The van der Waals surface area contributed by atoms with Crippen molar-refractivity contribution in [3.8, 4) is 11.5 Å². The maximum Gasteiger partial charge on any atom is 0.231 e. The van der Waals surface area contributed by atoms with Crippen LogP contribution in [0, 0.1) is 0 Å². The fourth-order valence-electron chi connectivity index (χ4n) is 1.98. The van der Waals surface area contributed by atoms with Gasteiger partial charge in [-0.3, -0.25) is 0 Å². The molecule has 1 aromatic carbocycles. The number of hydrogen-bond acceptors (Lipinski definition) is 5. The summed E-state index contributed by atoms with van der Waals surface area (Å²) in [6.07, 6.45) is 1.07. The summed E-state index contributed by atoms with van der Waals surface area (Å²) < 4.78 is 10.7. The summed E-state index contributed by atoms with van der Waals surface area (Å²) in [5.74, 6) is 3.21. The minimum Gasteiger partial charge on any atom is -0.454 e. The number of hydrogen-bond donors (Lipinski definition) is 2. The monoisotopic (exact) mass is 271 g/mol. The van der Waals surface area contributed by atoms with Crippen LogP contribution >= 0.6 is 0 Å². The second-order valence-electron chi connectivity index (χ2n) is 4.53. The lowest BCUT2D eigenvalue weighted by Crippen LogP contribution is -2.03. The average molecular weight is 271 g/mol. The second-order valence-corrected chi connectivity index (χ2v) is 4.53. The van der Waals surface area contributed by atoms with E-state index >= 15 is 0 Å². The van der Waals surface area contributed by atoms with Gasteiger partial charge in [0, 0.05) is 18.3 Å². The van der Waals surface area contributed by atoms with Crippen molar-refractivity contribution in [2.24, 2.45) is 0 Å². The van der Waals surface area contributed by atoms with Gasteiger partial charge in [0.2, 0.25) is 6.79 Å². The first-order chi connectivity index (χ1) is 9.85. The van der Waals surface area contributed by atoms with Gasteiger partial charge in [0.1, 0.15) is 11.6 Å². The SMILES string of the molecule is CCCNc1cccc(Nc2ccc3c(c2)OCO3)n1. The number of benzene rings is 1. The minimum atomic E-state index is 0.285. The Morgan fingerprint density at radius 3 is 2.85 bits per heavy atom. The van der Waals surface area contributed by atoms with E-state index in [1.165, 1.54) is 0 Å². The van der Waals surface area contributed by atoms with E-state index in [9.17, 15) is 0 Å². The van der Waals surface area contributed by atoms with Crippen molar-refractivity contribution in [2.75, 3.05) is 24.0 Å². The van der Waals surface area contributed by atoms with Crippen LogP contribution in [0.25, 0.3) is 0 Å². The number of fused-ring (bicyclic) bond motifs is 1. The molecule has 5 nitrogen and oxygen atoms in total. The Kier molecular flexibility index (Phi) is 3.58. The Bertz CT molecular complexity index is 601. The van der Waals surface area contributed by atoms with Crippen LogP contribution in [0.4, 0.5) is 17.3 Å². The van der Waals surface area contributed by atoms with Crippen molar-refractivity contribution in [1.29, 1.82) is 0 Å². The number of aromatic nitrogens is 1. The van der Waals surface area contributed by atoms with Crippen molar-refractivity contribution in [3.63, 3.8) is 0 Å². The first kappa shape index (κ1) is 12.6. The highest BCUT2D eigenvalue weighted by Crippen LogP contribution is 2.34. The van der Waals surface area contributed by atoms with E-state index < -0.39 is 0 Å². The van der Waals surface area contributed by atoms with Crippen molar-refractivity contribution in [2.45, 2.75) is 13.3 Å². The molecule has 0 aliphatic carbocycles. The first-order valence-corrected chi connectivity index (χ1v) is 6.73. The van der Waals surface area contributed by atoms with Gasteiger partial charge >= 0.3 is 0 Å². The highest BCUT2D eigenvalue weighted by atomic mass is 16.7. The Labute approximate surface area is 117 Å². The summed E-state index contributed by atoms with van der Waals surface area (Å²) in [5.41, 5.74) is 0.925. The lowest BCUT2D eigenvalue weighted by molar-refractivity contribution is 0.174. The van der Waals surface area contributed by atoms with E-state index in [4.69, 9.17) is 9.47 Å². The van der Waals surface area contributed by atoms with Crippen LogP contribution in [-0.4, -0.2) is 18.3 Å². The van der Waals surface area contributed by atoms with E-state index in [1.54, 1.807) is 0 Å². The molecule has 0 bridgehead atoms. The second kappa shape index (κ2) is 5.69. The van der Waals surface area contributed by atoms with Gasteiger partial charge in [-0.05, 0) is 30.7 Å². The van der Waals surface area contributed by atoms with Gasteiger partial charge in [0.15, 0.2) is 11.5 Å². The van der Waals surface area contributed by atoms with Crippen molar-refractivity contribution in [1.82, 2.24) is 4.98 Å². The van der Waals surface area contributed by atoms with E-state index in [2.05, 4.69) is 22.5 Å². The summed E-state index contributed by atoms with van der Waals surface area (Å²) in [6.45, 7) is 3.33. The number of nitrogens with zero attached hydrogens (tertiary/aromatic N) is 1. The molecule has 0 spiro atoms. The fourth-order valence-corrected chi connectivity index (χ4v) is 1.98. The van der Waals surface area contributed by atoms with Crippen LogP contribution in [0.3, 0.4) is 0 Å². The first-order valence-electron chi connectivity index (χ1n) is 6.73. The van der Waals surface area contributed by atoms with Gasteiger partial charge in [-0.1, -0.05) is 13.0 Å². The van der Waals surface area contributed by atoms with Gasteiger partial charge in [0.05, 0.1) is 0 Å². The molecule has 0 saturated carbocycles. The summed E-state index contributed by atoms with van der Waals surface area (Å²) in [5, 5.41) is 6.53. The lowest BCUT2D eigenvalue weighted by Gasteiger charge is -2.09. The number of ether oxygens (including phenoxy) is 2. The molecular formula is C15H17N3O2. The van der Waals surface area contributed by atoms with Crippen molar-refractivity contribution < 1.29 is 9.47 Å². The molecule has 20 heavy (non-hydrogen) atoms. The summed E-state index contributed by atoms with van der Waals surface area (Å²) in [7, 11) is 0. The molecule has 2 aromatic rings. The zero-order valence-electron chi connectivity index (χ0n) is 11.3. The van der Waals surface area contributed by atoms with Crippen LogP contribution in [0.5, 0.6) is 11.5 Å². The quantitative estimate of drug-likeness (QED) is 0.873. The molecule has 5 heteroatoms. The smallest absolute Gasteiger partial charge is 0.231 e. The van der Waals surface area contributed by atoms with Crippen LogP contribution in [0.15, 0.2) is 36.4 Å². The summed E-state index contributed by atoms with van der Waals surface area (Å²) in [6, 6.07) is 11.6. The predicted molar refractivity (Wildman–Crippen MR) is 78.9 cm³/mol. The highest BCUT2D eigenvalue weighted by molar-refractivity contribution is 5.62. The molecule has 0 fully saturated rings. The largest absolute Gasteiger partial charge is 0.454 e. The third kappa shape index (κ3) is 2.77. The van der Waals surface area contributed by atoms with E-state index in [1.807, 2.05) is 36.4 Å². The standard InChI is InChI=1S/C15H17N3O2/c1-2-8-16-14-4-3-5-15(18-14)17-11-6-7-12-13(9-11)20-10-19-12/h3-7,9H,2,8,10H2,1H3,(H2,16,17,18). The molecule has 2 heterocycles. The van der Waals surface area contributed by atoms with Crippen LogP contribution in [0.1, 0.15) is 13.3 Å². The van der Waals surface area contributed by atoms with Crippen LogP contribution in [-0.2, 0) is 0 Å². The van der Waals surface area contributed by atoms with E-state index in [-0.39, 0.29) is 6.79 Å². The molecule has 0 amide bonds. The fraction of sp³-hybridized carbons (Fsp3) is 0.267. The third-order valence-corrected chi connectivity index (χ3v) is 2.95. The third-order valence-electron chi connectivity index (χ3n) is 2.95. The minimum absolute atomic E-state index is 0.285. The number of pyridine rings is 1. The molecule has 3 rings (SSSR count). The van der Waals surface area contributed by atoms with Crippen molar-refractivity contribution >= 4 is 17.3 Å². The summed E-state index contributed by atoms with van der Waals surface area (Å²) in [4.78, 5) is 4.50. The molecule has 2 N–H and O–H groups in total. The molecule has 0 atom stereocenters. The van der Waals surface area contributed by atoms with E-state index in [0.29, 0.717) is 0 Å². The lowest BCUT2D eigenvalue weighted by atomic mass is 10.2. The molecule has 0 unspecified atom stereocenters. The maximum absolute atomic E-state index is 5.36. The molecule has 1 aliphatic heterocycles. The van der Waals surface area contributed by atoms with Gasteiger partial charge in [-0.2, -0.15) is 0 Å². The predicted octanol–water partition coefficient (Wildman–Crippen LogP) is 3.38. The Hall–Kier alpha value is -2.43. The number of nitrogens with one attached hydrogen (secondary N) is 2. The normalized spacial score (nSPS) is 12.2. The zero-order valence-corrected chi connectivity index (χ0v) is 11.3. The van der Waals surface area contributed by atoms with Gasteiger partial charge in [0.25, 0.3) is 0 Å². The highest BCUT2D eigenvalue weighted by Gasteiger charge is 2.13. The van der Waals surface area contributed by atoms with Gasteiger partial charge in [-0.25, -0.2) is 4.98 Å². The topological polar surface area (TPSA) is 55.4 Å². The Balaban J connectivity index is 1.74. The van der Waals surface area contributed by atoms with Gasteiger partial charge < -0.3 is 20.1 Å². The van der Waals surface area contributed by atoms with Crippen LogP contribution < -0.4 is 20.1 Å². The maximum atomic E-state index is 5.36. The number of rotatable bonds is 5. The average Bonchev–Trinajstić information content (AvgIpc) is 2.93. The molecule has 0 radical (unpaired) electrons. The number of anilines is 3. The molecule has 0 saturated heterocycles. The molecule has 1 aliphatic rings. The van der Waals surface area contributed by atoms with Crippen molar-refractivity contribution in [3.05, 3.63) is 36.4 Å². The zero-order chi connectivity index (χ0) is 13.8.